The van der Waals surface area contributed by atoms with E-state index in [4.69, 9.17) is 0 Å². The fourth-order valence-electron chi connectivity index (χ4n) is 2.79. The summed E-state index contributed by atoms with van der Waals surface area (Å²) < 4.78 is 0. The highest BCUT2D eigenvalue weighted by molar-refractivity contribution is 5.02. The van der Waals surface area contributed by atoms with Gasteiger partial charge in [0.15, 0.2) is 0 Å². The Morgan fingerprint density at radius 1 is 1.00 bits per heavy atom. The van der Waals surface area contributed by atoms with Crippen LogP contribution in [0.1, 0.15) is 68.7 Å². The van der Waals surface area contributed by atoms with Gasteiger partial charge in [-0.05, 0) is 11.8 Å². The molecule has 3 atom stereocenters. The maximum atomic E-state index is 2.45. The van der Waals surface area contributed by atoms with E-state index in [2.05, 4.69) is 68.7 Å². The van der Waals surface area contributed by atoms with Crippen molar-refractivity contribution in [3.8, 4) is 0 Å². The molecule has 0 heterocycles. The van der Waals surface area contributed by atoms with E-state index < -0.39 is 0 Å². The Morgan fingerprint density at radius 2 is 1.44 bits per heavy atom. The van der Waals surface area contributed by atoms with E-state index in [1.54, 1.807) is 0 Å². The van der Waals surface area contributed by atoms with Crippen LogP contribution in [0.2, 0.25) is 0 Å². The highest BCUT2D eigenvalue weighted by Crippen LogP contribution is 2.53. The molecule has 3 unspecified atom stereocenters. The molecule has 0 N–H and O–H groups in total. The minimum Gasteiger partial charge on any atom is -0.325 e. The van der Waals surface area contributed by atoms with E-state index >= 15 is 0 Å². The van der Waals surface area contributed by atoms with Crippen molar-refractivity contribution in [2.75, 3.05) is 0 Å². The number of hydrogen-bond donors (Lipinski definition) is 0. The lowest BCUT2D eigenvalue weighted by molar-refractivity contribution is -0.00242. The maximum Gasteiger partial charge on any atom is -0.0439 e. The van der Waals surface area contributed by atoms with Crippen molar-refractivity contribution in [2.45, 2.75) is 68.7 Å². The van der Waals surface area contributed by atoms with Crippen LogP contribution < -0.4 is 0 Å². The Morgan fingerprint density at radius 3 is 1.69 bits per heavy atom. The van der Waals surface area contributed by atoms with Gasteiger partial charge in [-0.2, -0.15) is 6.92 Å². The first-order valence-electron chi connectivity index (χ1n) is 6.95. The molecule has 0 fully saturated rings. The van der Waals surface area contributed by atoms with E-state index in [0.29, 0.717) is 16.7 Å². The second-order valence-electron chi connectivity index (χ2n) is 6.62. The minimum atomic E-state index is 0.316. The van der Waals surface area contributed by atoms with Gasteiger partial charge in [-0.15, -0.1) is 5.41 Å². The van der Waals surface area contributed by atoms with E-state index in [0.717, 1.165) is 11.8 Å². The third-order valence-electron chi connectivity index (χ3n) is 5.87. The van der Waals surface area contributed by atoms with Gasteiger partial charge in [0.2, 0.25) is 0 Å². The third-order valence-corrected chi connectivity index (χ3v) is 5.87. The van der Waals surface area contributed by atoms with Gasteiger partial charge in [0.05, 0.1) is 0 Å². The van der Waals surface area contributed by atoms with Gasteiger partial charge < -0.3 is 6.42 Å². The second-order valence-corrected chi connectivity index (χ2v) is 6.62. The van der Waals surface area contributed by atoms with Crippen LogP contribution in [0.4, 0.5) is 0 Å². The van der Waals surface area contributed by atoms with E-state index in [1.165, 1.54) is 6.42 Å². The molecule has 0 radical (unpaired) electrons. The standard InChI is InChI=1S/C16H33/c1-10-13(5)14(6)16(9,11-2)15(7,8)12(3)4/h11-14H,10H2,1-9H3/q-1. The zero-order valence-corrected chi connectivity index (χ0v) is 13.0. The van der Waals surface area contributed by atoms with Crippen LogP contribution in [0.25, 0.3) is 0 Å². The smallest absolute Gasteiger partial charge is 0.0439 e. The first-order chi connectivity index (χ1) is 7.15. The van der Waals surface area contributed by atoms with Gasteiger partial charge in [0.25, 0.3) is 0 Å². The molecule has 0 aromatic heterocycles. The van der Waals surface area contributed by atoms with Crippen LogP contribution in [0, 0.1) is 35.0 Å². The topological polar surface area (TPSA) is 0 Å². The molecule has 0 amide bonds. The lowest BCUT2D eigenvalue weighted by atomic mass is 9.53. The van der Waals surface area contributed by atoms with Gasteiger partial charge in [-0.3, -0.25) is 0 Å². The molecule has 0 aromatic rings. The van der Waals surface area contributed by atoms with Crippen molar-refractivity contribution in [3.05, 3.63) is 6.42 Å². The molecule has 0 bridgehead atoms. The molecule has 98 valence electrons. The average molecular weight is 225 g/mol. The van der Waals surface area contributed by atoms with Crippen LogP contribution in [0.5, 0.6) is 0 Å². The summed E-state index contributed by atoms with van der Waals surface area (Å²) in [5.74, 6) is 2.24. The largest absolute Gasteiger partial charge is 0.325 e. The molecular weight excluding hydrogens is 192 g/mol. The zero-order chi connectivity index (χ0) is 13.1. The molecular formula is C16H33-. The first kappa shape index (κ1) is 16.0. The molecule has 16 heavy (non-hydrogen) atoms. The Bertz CT molecular complexity index is 202. The van der Waals surface area contributed by atoms with Crippen molar-refractivity contribution >= 4 is 0 Å². The van der Waals surface area contributed by atoms with Crippen molar-refractivity contribution in [3.63, 3.8) is 0 Å². The van der Waals surface area contributed by atoms with Crippen molar-refractivity contribution < 1.29 is 0 Å². The van der Waals surface area contributed by atoms with Crippen molar-refractivity contribution in [2.24, 2.45) is 28.6 Å². The van der Waals surface area contributed by atoms with Crippen LogP contribution in [0.3, 0.4) is 0 Å². The summed E-state index contributed by atoms with van der Waals surface area (Å²) in [6.07, 6.45) is 3.72. The minimum absolute atomic E-state index is 0.316. The molecule has 0 aliphatic heterocycles. The van der Waals surface area contributed by atoms with Gasteiger partial charge in [0, 0.05) is 0 Å². The monoisotopic (exact) mass is 225 g/mol. The van der Waals surface area contributed by atoms with Crippen molar-refractivity contribution in [1.82, 2.24) is 0 Å². The molecule has 0 heteroatoms. The summed E-state index contributed by atoms with van der Waals surface area (Å²) >= 11 is 0. The van der Waals surface area contributed by atoms with Crippen LogP contribution in [-0.2, 0) is 0 Å². The van der Waals surface area contributed by atoms with E-state index in [-0.39, 0.29) is 0 Å². The van der Waals surface area contributed by atoms with Crippen LogP contribution in [0.15, 0.2) is 0 Å². The summed E-state index contributed by atoms with van der Waals surface area (Å²) in [7, 11) is 0. The highest BCUT2D eigenvalue weighted by atomic mass is 14.5. The Labute approximate surface area is 104 Å². The fraction of sp³-hybridized carbons (Fsp3) is 0.938. The predicted octanol–water partition coefficient (Wildman–Crippen LogP) is 5.58. The average Bonchev–Trinajstić information content (AvgIpc) is 2.25. The SMILES string of the molecule is C[CH-]C(C)(C(C)C(C)CC)C(C)(C)C(C)C. The molecule has 0 aromatic carbocycles. The lowest BCUT2D eigenvalue weighted by Gasteiger charge is -2.59. The summed E-state index contributed by atoms with van der Waals surface area (Å²) in [4.78, 5) is 0. The quantitative estimate of drug-likeness (QED) is 0.518. The second kappa shape index (κ2) is 5.56. The summed E-state index contributed by atoms with van der Waals surface area (Å²) in [5, 5.41) is 0. The molecule has 0 nitrogen and oxygen atoms in total. The molecule has 0 aliphatic rings. The lowest BCUT2D eigenvalue weighted by Crippen LogP contribution is -2.45. The summed E-state index contributed by atoms with van der Waals surface area (Å²) in [5.41, 5.74) is 0.668. The summed E-state index contributed by atoms with van der Waals surface area (Å²) in [6, 6.07) is 0. The predicted molar refractivity (Wildman–Crippen MR) is 75.3 cm³/mol. The fourth-order valence-corrected chi connectivity index (χ4v) is 2.79. The number of hydrogen-bond acceptors (Lipinski definition) is 0. The third kappa shape index (κ3) is 2.63. The van der Waals surface area contributed by atoms with Gasteiger partial charge in [0.1, 0.15) is 0 Å². The van der Waals surface area contributed by atoms with E-state index in [9.17, 15) is 0 Å². The normalized spacial score (nSPS) is 20.6. The summed E-state index contributed by atoms with van der Waals surface area (Å²) in [6.45, 7) is 21.4. The Hall–Kier alpha value is 0. The van der Waals surface area contributed by atoms with Gasteiger partial charge in [-0.25, -0.2) is 0 Å². The zero-order valence-electron chi connectivity index (χ0n) is 13.0. The van der Waals surface area contributed by atoms with E-state index in [1.807, 2.05) is 0 Å². The highest BCUT2D eigenvalue weighted by Gasteiger charge is 2.40. The number of rotatable bonds is 6. The molecule has 0 saturated heterocycles. The molecule has 0 aliphatic carbocycles. The van der Waals surface area contributed by atoms with Crippen LogP contribution in [-0.4, -0.2) is 0 Å². The van der Waals surface area contributed by atoms with Gasteiger partial charge in [-0.1, -0.05) is 73.1 Å². The molecule has 0 saturated carbocycles. The Balaban J connectivity index is 5.19. The maximum absolute atomic E-state index is 2.45. The molecule has 0 rings (SSSR count). The van der Waals surface area contributed by atoms with Crippen LogP contribution >= 0.6 is 0 Å². The van der Waals surface area contributed by atoms with Crippen molar-refractivity contribution in [1.29, 1.82) is 0 Å². The molecule has 0 spiro atoms. The van der Waals surface area contributed by atoms with Gasteiger partial charge >= 0.3 is 0 Å². The first-order valence-corrected chi connectivity index (χ1v) is 6.95. The Kier molecular flexibility index (Phi) is 5.56.